The normalized spacial score (nSPS) is 10.3. The smallest absolute Gasteiger partial charge is 0.160 e. The summed E-state index contributed by atoms with van der Waals surface area (Å²) in [5, 5.41) is 3.07. The average Bonchev–Trinajstić information content (AvgIpc) is 2.42. The quantitative estimate of drug-likeness (QED) is 0.905. The fourth-order valence-corrected chi connectivity index (χ4v) is 1.91. The number of nitrogens with one attached hydrogen (secondary N) is 1. The molecule has 0 aliphatic heterocycles. The average molecular weight is 262 g/mol. The van der Waals surface area contributed by atoms with Crippen LogP contribution < -0.4 is 10.2 Å². The van der Waals surface area contributed by atoms with Crippen molar-refractivity contribution in [2.75, 3.05) is 24.3 Å². The first-order chi connectivity index (χ1) is 9.10. The van der Waals surface area contributed by atoms with Crippen LogP contribution >= 0.6 is 0 Å². The molecule has 100 valence electrons. The first-order valence-corrected chi connectivity index (χ1v) is 6.03. The molecule has 0 saturated heterocycles. The third-order valence-corrected chi connectivity index (χ3v) is 2.98. The first-order valence-electron chi connectivity index (χ1n) is 6.03. The summed E-state index contributed by atoms with van der Waals surface area (Å²) in [6.45, 7) is 0.626. The van der Waals surface area contributed by atoms with Crippen LogP contribution in [0.1, 0.15) is 5.56 Å². The topological polar surface area (TPSA) is 15.3 Å². The molecule has 0 aliphatic rings. The van der Waals surface area contributed by atoms with Crippen LogP contribution in [0.2, 0.25) is 0 Å². The van der Waals surface area contributed by atoms with E-state index in [4.69, 9.17) is 0 Å². The standard InChI is InChI=1S/C15H16F2N2/c1-18-12-5-3-4-11(8-12)10-19(2)13-6-7-14(16)15(17)9-13/h3-9,18H,10H2,1-2H3. The van der Waals surface area contributed by atoms with E-state index in [0.29, 0.717) is 12.2 Å². The van der Waals surface area contributed by atoms with E-state index in [0.717, 1.165) is 17.3 Å². The molecule has 2 aromatic rings. The summed E-state index contributed by atoms with van der Waals surface area (Å²) in [7, 11) is 3.71. The van der Waals surface area contributed by atoms with Crippen molar-refractivity contribution in [1.29, 1.82) is 0 Å². The van der Waals surface area contributed by atoms with Crippen LogP contribution in [0.25, 0.3) is 0 Å². The fraction of sp³-hybridized carbons (Fsp3) is 0.200. The van der Waals surface area contributed by atoms with Crippen LogP contribution in [0.4, 0.5) is 20.2 Å². The molecular weight excluding hydrogens is 246 g/mol. The van der Waals surface area contributed by atoms with Gasteiger partial charge in [0.2, 0.25) is 0 Å². The molecule has 19 heavy (non-hydrogen) atoms. The Labute approximate surface area is 111 Å². The fourth-order valence-electron chi connectivity index (χ4n) is 1.91. The second-order valence-corrected chi connectivity index (χ2v) is 4.40. The highest BCUT2D eigenvalue weighted by molar-refractivity contribution is 5.49. The largest absolute Gasteiger partial charge is 0.388 e. The number of anilines is 2. The molecule has 0 spiro atoms. The summed E-state index contributed by atoms with van der Waals surface area (Å²) in [5.41, 5.74) is 2.77. The molecule has 0 unspecified atom stereocenters. The Bertz CT molecular complexity index is 570. The van der Waals surface area contributed by atoms with E-state index in [1.807, 2.05) is 43.3 Å². The molecule has 4 heteroatoms. The summed E-state index contributed by atoms with van der Waals surface area (Å²) < 4.78 is 26.1. The van der Waals surface area contributed by atoms with Gasteiger partial charge in [-0.05, 0) is 29.8 Å². The van der Waals surface area contributed by atoms with E-state index >= 15 is 0 Å². The number of rotatable bonds is 4. The lowest BCUT2D eigenvalue weighted by molar-refractivity contribution is 0.508. The second kappa shape index (κ2) is 5.69. The Kier molecular flexibility index (Phi) is 4.00. The van der Waals surface area contributed by atoms with Crippen LogP contribution in [0.5, 0.6) is 0 Å². The molecule has 0 aliphatic carbocycles. The molecule has 2 nitrogen and oxygen atoms in total. The molecular formula is C15H16F2N2. The molecule has 0 amide bonds. The van der Waals surface area contributed by atoms with E-state index in [-0.39, 0.29) is 0 Å². The Morgan fingerprint density at radius 2 is 1.84 bits per heavy atom. The van der Waals surface area contributed by atoms with Crippen LogP contribution in [0.3, 0.4) is 0 Å². The van der Waals surface area contributed by atoms with Crippen LogP contribution in [-0.2, 0) is 6.54 Å². The summed E-state index contributed by atoms with van der Waals surface area (Å²) in [6, 6.07) is 11.9. The van der Waals surface area contributed by atoms with Gasteiger partial charge in [-0.3, -0.25) is 0 Å². The maximum absolute atomic E-state index is 13.2. The number of nitrogens with zero attached hydrogens (tertiary/aromatic N) is 1. The van der Waals surface area contributed by atoms with Gasteiger partial charge in [0.05, 0.1) is 0 Å². The lowest BCUT2D eigenvalue weighted by atomic mass is 10.2. The predicted octanol–water partition coefficient (Wildman–Crippen LogP) is 3.64. The zero-order valence-corrected chi connectivity index (χ0v) is 11.0. The van der Waals surface area contributed by atoms with Gasteiger partial charge in [0.15, 0.2) is 11.6 Å². The molecule has 1 N–H and O–H groups in total. The lowest BCUT2D eigenvalue weighted by Gasteiger charge is -2.20. The first kappa shape index (κ1) is 13.3. The predicted molar refractivity (Wildman–Crippen MR) is 74.5 cm³/mol. The van der Waals surface area contributed by atoms with Crippen molar-refractivity contribution in [2.24, 2.45) is 0 Å². The van der Waals surface area contributed by atoms with Gasteiger partial charge in [-0.2, -0.15) is 0 Å². The molecule has 0 atom stereocenters. The van der Waals surface area contributed by atoms with Crippen LogP contribution in [0, 0.1) is 11.6 Å². The zero-order chi connectivity index (χ0) is 13.8. The lowest BCUT2D eigenvalue weighted by Crippen LogP contribution is -2.16. The summed E-state index contributed by atoms with van der Waals surface area (Å²) in [4.78, 5) is 1.87. The van der Waals surface area contributed by atoms with Gasteiger partial charge in [0, 0.05) is 38.1 Å². The minimum atomic E-state index is -0.826. The van der Waals surface area contributed by atoms with Gasteiger partial charge in [0.25, 0.3) is 0 Å². The highest BCUT2D eigenvalue weighted by atomic mass is 19.2. The summed E-state index contributed by atoms with van der Waals surface area (Å²) in [5.74, 6) is -1.65. The molecule has 0 radical (unpaired) electrons. The molecule has 0 heterocycles. The number of hydrogen-bond donors (Lipinski definition) is 1. The van der Waals surface area contributed by atoms with Crippen molar-refractivity contribution < 1.29 is 8.78 Å². The Balaban J connectivity index is 2.15. The van der Waals surface area contributed by atoms with Crippen molar-refractivity contribution in [2.45, 2.75) is 6.54 Å². The number of hydrogen-bond acceptors (Lipinski definition) is 2. The Morgan fingerprint density at radius 1 is 1.05 bits per heavy atom. The van der Waals surface area contributed by atoms with E-state index in [9.17, 15) is 8.78 Å². The van der Waals surface area contributed by atoms with Crippen molar-refractivity contribution in [1.82, 2.24) is 0 Å². The molecule has 0 bridgehead atoms. The molecule has 2 aromatic carbocycles. The molecule has 0 saturated carbocycles. The number of halogens is 2. The van der Waals surface area contributed by atoms with Crippen LogP contribution in [-0.4, -0.2) is 14.1 Å². The minimum Gasteiger partial charge on any atom is -0.388 e. The maximum atomic E-state index is 13.2. The molecule has 2 rings (SSSR count). The van der Waals surface area contributed by atoms with Crippen molar-refractivity contribution in [3.8, 4) is 0 Å². The molecule has 0 aromatic heterocycles. The minimum absolute atomic E-state index is 0.626. The summed E-state index contributed by atoms with van der Waals surface area (Å²) in [6.07, 6.45) is 0. The SMILES string of the molecule is CNc1cccc(CN(C)c2ccc(F)c(F)c2)c1. The van der Waals surface area contributed by atoms with Crippen molar-refractivity contribution in [3.63, 3.8) is 0 Å². The highest BCUT2D eigenvalue weighted by Gasteiger charge is 2.07. The van der Waals surface area contributed by atoms with Gasteiger partial charge >= 0.3 is 0 Å². The third kappa shape index (κ3) is 3.22. The Morgan fingerprint density at radius 3 is 2.53 bits per heavy atom. The van der Waals surface area contributed by atoms with Crippen LogP contribution in [0.15, 0.2) is 42.5 Å². The highest BCUT2D eigenvalue weighted by Crippen LogP contribution is 2.19. The Hall–Kier alpha value is -2.10. The second-order valence-electron chi connectivity index (χ2n) is 4.40. The van der Waals surface area contributed by atoms with E-state index in [1.54, 1.807) is 6.07 Å². The van der Waals surface area contributed by atoms with Gasteiger partial charge < -0.3 is 10.2 Å². The zero-order valence-electron chi connectivity index (χ0n) is 11.0. The van der Waals surface area contributed by atoms with E-state index in [1.165, 1.54) is 6.07 Å². The van der Waals surface area contributed by atoms with Crippen molar-refractivity contribution >= 4 is 11.4 Å². The third-order valence-electron chi connectivity index (χ3n) is 2.98. The van der Waals surface area contributed by atoms with Gasteiger partial charge in [-0.25, -0.2) is 8.78 Å². The van der Waals surface area contributed by atoms with Gasteiger partial charge in [-0.15, -0.1) is 0 Å². The summed E-state index contributed by atoms with van der Waals surface area (Å²) >= 11 is 0. The van der Waals surface area contributed by atoms with Gasteiger partial charge in [0.1, 0.15) is 0 Å². The monoisotopic (exact) mass is 262 g/mol. The molecule has 0 fully saturated rings. The van der Waals surface area contributed by atoms with Crippen molar-refractivity contribution in [3.05, 3.63) is 59.7 Å². The van der Waals surface area contributed by atoms with E-state index in [2.05, 4.69) is 5.32 Å². The number of benzene rings is 2. The van der Waals surface area contributed by atoms with E-state index < -0.39 is 11.6 Å². The maximum Gasteiger partial charge on any atom is 0.160 e. The van der Waals surface area contributed by atoms with Gasteiger partial charge in [-0.1, -0.05) is 12.1 Å².